The molecule has 2 saturated heterocycles. The maximum atomic E-state index is 11.9. The molecule has 24 heavy (non-hydrogen) atoms. The predicted molar refractivity (Wildman–Crippen MR) is 90.5 cm³/mol. The summed E-state index contributed by atoms with van der Waals surface area (Å²) in [5.74, 6) is 1.08. The smallest absolute Gasteiger partial charge is 0.222 e. The van der Waals surface area contributed by atoms with E-state index in [0.717, 1.165) is 71.1 Å². The Balaban J connectivity index is 1.38. The van der Waals surface area contributed by atoms with Crippen molar-refractivity contribution in [2.75, 3.05) is 39.4 Å². The van der Waals surface area contributed by atoms with Crippen molar-refractivity contribution in [2.24, 2.45) is 5.92 Å². The SMILES string of the molecule is O=C1CCCN1CCC1CN(CC2CCOCC2)Cc2ccnn21. The summed E-state index contributed by atoms with van der Waals surface area (Å²) in [6, 6.07) is 2.53. The Morgan fingerprint density at radius 1 is 1.29 bits per heavy atom. The minimum Gasteiger partial charge on any atom is -0.381 e. The van der Waals surface area contributed by atoms with Crippen LogP contribution >= 0.6 is 0 Å². The summed E-state index contributed by atoms with van der Waals surface area (Å²) in [4.78, 5) is 16.5. The van der Waals surface area contributed by atoms with Crippen molar-refractivity contribution in [2.45, 2.75) is 44.7 Å². The summed E-state index contributed by atoms with van der Waals surface area (Å²) < 4.78 is 7.68. The maximum Gasteiger partial charge on any atom is 0.222 e. The van der Waals surface area contributed by atoms with Crippen molar-refractivity contribution in [3.63, 3.8) is 0 Å². The van der Waals surface area contributed by atoms with Crippen molar-refractivity contribution >= 4 is 5.91 Å². The second-order valence-electron chi connectivity index (χ2n) is 7.44. The van der Waals surface area contributed by atoms with Gasteiger partial charge in [0, 0.05) is 58.6 Å². The lowest BCUT2D eigenvalue weighted by Crippen LogP contribution is -2.42. The lowest BCUT2D eigenvalue weighted by Gasteiger charge is -2.37. The van der Waals surface area contributed by atoms with E-state index in [9.17, 15) is 4.79 Å². The molecule has 0 radical (unpaired) electrons. The third-order valence-corrected chi connectivity index (χ3v) is 5.71. The van der Waals surface area contributed by atoms with Crippen LogP contribution in [0.1, 0.15) is 43.8 Å². The van der Waals surface area contributed by atoms with E-state index < -0.39 is 0 Å². The molecule has 6 heteroatoms. The minimum atomic E-state index is 0.325. The topological polar surface area (TPSA) is 50.6 Å². The number of hydrogen-bond donors (Lipinski definition) is 0. The van der Waals surface area contributed by atoms with Gasteiger partial charge >= 0.3 is 0 Å². The van der Waals surface area contributed by atoms with Crippen LogP contribution in [-0.4, -0.2) is 64.9 Å². The van der Waals surface area contributed by atoms with E-state index in [-0.39, 0.29) is 0 Å². The first-order valence-corrected chi connectivity index (χ1v) is 9.40. The molecule has 4 rings (SSSR count). The van der Waals surface area contributed by atoms with Crippen LogP contribution < -0.4 is 0 Å². The van der Waals surface area contributed by atoms with Gasteiger partial charge in [-0.1, -0.05) is 0 Å². The number of carbonyl (C=O) groups excluding carboxylic acids is 1. The molecule has 1 unspecified atom stereocenters. The monoisotopic (exact) mass is 332 g/mol. The molecule has 4 heterocycles. The van der Waals surface area contributed by atoms with Crippen molar-refractivity contribution in [1.82, 2.24) is 19.6 Å². The third-order valence-electron chi connectivity index (χ3n) is 5.71. The number of ether oxygens (including phenoxy) is 1. The number of carbonyl (C=O) groups is 1. The first-order chi connectivity index (χ1) is 11.8. The van der Waals surface area contributed by atoms with Crippen LogP contribution in [0.25, 0.3) is 0 Å². The summed E-state index contributed by atoms with van der Waals surface area (Å²) in [5.41, 5.74) is 1.31. The van der Waals surface area contributed by atoms with Gasteiger partial charge in [-0.2, -0.15) is 5.10 Å². The molecule has 3 aliphatic heterocycles. The molecule has 0 aliphatic carbocycles. The fraction of sp³-hybridized carbons (Fsp3) is 0.778. The molecule has 3 aliphatic rings. The van der Waals surface area contributed by atoms with E-state index in [1.807, 2.05) is 11.1 Å². The van der Waals surface area contributed by atoms with Gasteiger partial charge in [0.1, 0.15) is 0 Å². The number of hydrogen-bond acceptors (Lipinski definition) is 4. The highest BCUT2D eigenvalue weighted by Crippen LogP contribution is 2.26. The van der Waals surface area contributed by atoms with Gasteiger partial charge in [-0.05, 0) is 37.7 Å². The van der Waals surface area contributed by atoms with Gasteiger partial charge in [0.2, 0.25) is 5.91 Å². The largest absolute Gasteiger partial charge is 0.381 e. The Hall–Kier alpha value is -1.40. The minimum absolute atomic E-state index is 0.325. The van der Waals surface area contributed by atoms with Gasteiger partial charge in [0.05, 0.1) is 11.7 Å². The highest BCUT2D eigenvalue weighted by molar-refractivity contribution is 5.77. The van der Waals surface area contributed by atoms with Gasteiger partial charge in [-0.25, -0.2) is 0 Å². The molecular weight excluding hydrogens is 304 g/mol. The third kappa shape index (κ3) is 3.49. The van der Waals surface area contributed by atoms with Gasteiger partial charge in [0.25, 0.3) is 0 Å². The molecule has 0 saturated carbocycles. The zero-order valence-electron chi connectivity index (χ0n) is 14.4. The van der Waals surface area contributed by atoms with E-state index in [1.54, 1.807) is 0 Å². The van der Waals surface area contributed by atoms with Crippen molar-refractivity contribution < 1.29 is 9.53 Å². The van der Waals surface area contributed by atoms with Crippen LogP contribution in [0.15, 0.2) is 12.3 Å². The standard InChI is InChI=1S/C18H28N4O2/c23-18-2-1-8-21(18)9-4-17-14-20(12-15-5-10-24-11-6-15)13-16-3-7-19-22(16)17/h3,7,15,17H,1-2,4-6,8-14H2. The molecular formula is C18H28N4O2. The summed E-state index contributed by atoms with van der Waals surface area (Å²) >= 11 is 0. The molecule has 0 N–H and O–H groups in total. The molecule has 6 nitrogen and oxygen atoms in total. The molecule has 1 atom stereocenters. The van der Waals surface area contributed by atoms with Crippen LogP contribution in [-0.2, 0) is 16.1 Å². The van der Waals surface area contributed by atoms with E-state index >= 15 is 0 Å². The Bertz CT molecular complexity index is 567. The molecule has 1 amide bonds. The van der Waals surface area contributed by atoms with Crippen LogP contribution in [0.2, 0.25) is 0 Å². The van der Waals surface area contributed by atoms with Gasteiger partial charge in [0.15, 0.2) is 0 Å². The highest BCUT2D eigenvalue weighted by Gasteiger charge is 2.29. The van der Waals surface area contributed by atoms with Crippen LogP contribution in [0.5, 0.6) is 0 Å². The first kappa shape index (κ1) is 16.1. The predicted octanol–water partition coefficient (Wildman–Crippen LogP) is 1.68. The average molecular weight is 332 g/mol. The number of likely N-dealkylation sites (tertiary alicyclic amines) is 1. The quantitative estimate of drug-likeness (QED) is 0.823. The highest BCUT2D eigenvalue weighted by atomic mass is 16.5. The Labute approximate surface area is 143 Å². The zero-order chi connectivity index (χ0) is 16.4. The summed E-state index contributed by atoms with van der Waals surface area (Å²) in [5, 5.41) is 4.55. The zero-order valence-corrected chi connectivity index (χ0v) is 14.4. The van der Waals surface area contributed by atoms with E-state index in [4.69, 9.17) is 4.74 Å². The average Bonchev–Trinajstić information content (AvgIpc) is 3.22. The Kier molecular flexibility index (Phi) is 4.85. The van der Waals surface area contributed by atoms with Crippen LogP contribution in [0.4, 0.5) is 0 Å². The summed E-state index contributed by atoms with van der Waals surface area (Å²) in [6.07, 6.45) is 7.04. The van der Waals surface area contributed by atoms with E-state index in [0.29, 0.717) is 11.9 Å². The molecule has 2 fully saturated rings. The Morgan fingerprint density at radius 3 is 2.96 bits per heavy atom. The maximum absolute atomic E-state index is 11.9. The van der Waals surface area contributed by atoms with Crippen LogP contribution in [0.3, 0.4) is 0 Å². The van der Waals surface area contributed by atoms with E-state index in [1.165, 1.54) is 18.5 Å². The fourth-order valence-corrected chi connectivity index (χ4v) is 4.36. The molecule has 1 aromatic heterocycles. The lowest BCUT2D eigenvalue weighted by molar-refractivity contribution is -0.127. The normalized spacial score (nSPS) is 26.1. The number of amides is 1. The molecule has 1 aromatic rings. The molecule has 132 valence electrons. The summed E-state index contributed by atoms with van der Waals surface area (Å²) in [7, 11) is 0. The lowest BCUT2D eigenvalue weighted by atomic mass is 9.98. The molecule has 0 spiro atoms. The number of nitrogens with zero attached hydrogens (tertiary/aromatic N) is 4. The van der Waals surface area contributed by atoms with Crippen molar-refractivity contribution in [3.8, 4) is 0 Å². The Morgan fingerprint density at radius 2 is 2.17 bits per heavy atom. The van der Waals surface area contributed by atoms with Crippen molar-refractivity contribution in [3.05, 3.63) is 18.0 Å². The molecule has 0 aromatic carbocycles. The van der Waals surface area contributed by atoms with Gasteiger partial charge < -0.3 is 9.64 Å². The number of fused-ring (bicyclic) bond motifs is 1. The van der Waals surface area contributed by atoms with Gasteiger partial charge in [-0.15, -0.1) is 0 Å². The van der Waals surface area contributed by atoms with Crippen LogP contribution in [0, 0.1) is 5.92 Å². The van der Waals surface area contributed by atoms with Gasteiger partial charge in [-0.3, -0.25) is 14.4 Å². The first-order valence-electron chi connectivity index (χ1n) is 9.40. The number of rotatable bonds is 5. The number of aromatic nitrogens is 2. The summed E-state index contributed by atoms with van der Waals surface area (Å²) in [6.45, 7) is 6.84. The second kappa shape index (κ2) is 7.23. The second-order valence-corrected chi connectivity index (χ2v) is 7.44. The molecule has 0 bridgehead atoms. The fourth-order valence-electron chi connectivity index (χ4n) is 4.36. The van der Waals surface area contributed by atoms with E-state index in [2.05, 4.69) is 20.7 Å². The van der Waals surface area contributed by atoms with Crippen molar-refractivity contribution in [1.29, 1.82) is 0 Å².